The number of amides is 1. The van der Waals surface area contributed by atoms with E-state index < -0.39 is 50.7 Å². The first-order chi connectivity index (χ1) is 16.1. The van der Waals surface area contributed by atoms with E-state index in [0.717, 1.165) is 24.5 Å². The number of nitrogens with zero attached hydrogens (tertiary/aromatic N) is 1. The summed E-state index contributed by atoms with van der Waals surface area (Å²) >= 11 is 0. The van der Waals surface area contributed by atoms with Crippen LogP contribution in [0.1, 0.15) is 27.0 Å². The molecule has 1 aromatic heterocycles. The minimum atomic E-state index is -4.86. The molecule has 0 bridgehead atoms. The van der Waals surface area contributed by atoms with Crippen molar-refractivity contribution in [3.63, 3.8) is 0 Å². The van der Waals surface area contributed by atoms with Gasteiger partial charge >= 0.3 is 12.4 Å². The minimum Gasteiger partial charge on any atom is -0.438 e. The van der Waals surface area contributed by atoms with Crippen molar-refractivity contribution < 1.29 is 44.3 Å². The van der Waals surface area contributed by atoms with Gasteiger partial charge < -0.3 is 10.1 Å². The van der Waals surface area contributed by atoms with Crippen LogP contribution in [0.3, 0.4) is 0 Å². The standard InChI is InChI=1S/C22H16F6N2O4S/c1-12-8-13(21(23,24)25)6-7-18(12)34-20-17(9-14(11-29-20)22(26,27)28)19(31)30-15-4-3-5-16(10-15)35(2,32)33/h3-11H,1-2H3,(H,30,31). The molecule has 3 aromatic rings. The zero-order valence-corrected chi connectivity index (χ0v) is 18.8. The number of aromatic nitrogens is 1. The second kappa shape index (κ2) is 9.21. The number of ether oxygens (including phenoxy) is 1. The van der Waals surface area contributed by atoms with Crippen LogP contribution in [-0.4, -0.2) is 25.6 Å². The highest BCUT2D eigenvalue weighted by atomic mass is 32.2. The maximum atomic E-state index is 13.2. The third-order valence-corrected chi connectivity index (χ3v) is 5.76. The summed E-state index contributed by atoms with van der Waals surface area (Å²) in [5.74, 6) is -1.88. The zero-order valence-electron chi connectivity index (χ0n) is 18.0. The molecule has 1 heterocycles. The molecule has 0 saturated heterocycles. The van der Waals surface area contributed by atoms with E-state index in [-0.39, 0.29) is 21.9 Å². The van der Waals surface area contributed by atoms with Crippen LogP contribution in [-0.2, 0) is 22.2 Å². The number of anilines is 1. The van der Waals surface area contributed by atoms with Gasteiger partial charge in [0, 0.05) is 18.1 Å². The molecule has 6 nitrogen and oxygen atoms in total. The molecule has 0 radical (unpaired) electrons. The van der Waals surface area contributed by atoms with Gasteiger partial charge in [0.05, 0.1) is 16.0 Å². The Kier molecular flexibility index (Phi) is 6.84. The Morgan fingerprint density at radius 1 is 0.943 bits per heavy atom. The van der Waals surface area contributed by atoms with Crippen molar-refractivity contribution in [1.29, 1.82) is 0 Å². The lowest BCUT2D eigenvalue weighted by Crippen LogP contribution is -2.16. The highest BCUT2D eigenvalue weighted by molar-refractivity contribution is 7.90. The molecule has 1 amide bonds. The van der Waals surface area contributed by atoms with Gasteiger partial charge in [-0.1, -0.05) is 6.07 Å². The van der Waals surface area contributed by atoms with Gasteiger partial charge in [-0.05, 0) is 55.0 Å². The van der Waals surface area contributed by atoms with E-state index in [4.69, 9.17) is 4.74 Å². The number of hydrogen-bond acceptors (Lipinski definition) is 5. The van der Waals surface area contributed by atoms with Crippen molar-refractivity contribution >= 4 is 21.4 Å². The number of carbonyl (C=O) groups excluding carboxylic acids is 1. The number of aryl methyl sites for hydroxylation is 1. The number of alkyl halides is 6. The second-order valence-corrected chi connectivity index (χ2v) is 9.42. The van der Waals surface area contributed by atoms with Crippen LogP contribution in [0.15, 0.2) is 59.6 Å². The van der Waals surface area contributed by atoms with Crippen molar-refractivity contribution in [3.8, 4) is 11.6 Å². The maximum Gasteiger partial charge on any atom is 0.417 e. The molecule has 2 aromatic carbocycles. The third kappa shape index (κ3) is 6.29. The van der Waals surface area contributed by atoms with Crippen LogP contribution in [0.2, 0.25) is 0 Å². The van der Waals surface area contributed by atoms with Gasteiger partial charge in [-0.25, -0.2) is 13.4 Å². The lowest BCUT2D eigenvalue weighted by atomic mass is 10.1. The molecule has 0 saturated carbocycles. The van der Waals surface area contributed by atoms with Gasteiger partial charge in [-0.2, -0.15) is 26.3 Å². The van der Waals surface area contributed by atoms with Gasteiger partial charge in [0.2, 0.25) is 5.88 Å². The first kappa shape index (κ1) is 26.0. The molecule has 0 fully saturated rings. The summed E-state index contributed by atoms with van der Waals surface area (Å²) in [4.78, 5) is 16.2. The summed E-state index contributed by atoms with van der Waals surface area (Å²) in [5, 5.41) is 2.28. The molecule has 186 valence electrons. The van der Waals surface area contributed by atoms with E-state index in [2.05, 4.69) is 10.3 Å². The van der Waals surface area contributed by atoms with Crippen molar-refractivity contribution in [3.05, 3.63) is 77.0 Å². The van der Waals surface area contributed by atoms with E-state index >= 15 is 0 Å². The second-order valence-electron chi connectivity index (χ2n) is 7.41. The Morgan fingerprint density at radius 2 is 1.60 bits per heavy atom. The lowest BCUT2D eigenvalue weighted by molar-refractivity contribution is -0.138. The molecule has 0 atom stereocenters. The summed E-state index contributed by atoms with van der Waals surface area (Å²) in [6.45, 7) is 1.28. The number of halogens is 6. The average Bonchev–Trinajstić information content (AvgIpc) is 2.73. The maximum absolute atomic E-state index is 13.2. The van der Waals surface area contributed by atoms with Crippen LogP contribution in [0.4, 0.5) is 32.0 Å². The van der Waals surface area contributed by atoms with Gasteiger partial charge in [-0.15, -0.1) is 0 Å². The molecule has 13 heteroatoms. The topological polar surface area (TPSA) is 85.4 Å². The largest absolute Gasteiger partial charge is 0.438 e. The summed E-state index contributed by atoms with van der Waals surface area (Å²) in [6.07, 6.45) is -8.14. The highest BCUT2D eigenvalue weighted by Gasteiger charge is 2.34. The Morgan fingerprint density at radius 3 is 2.17 bits per heavy atom. The third-order valence-electron chi connectivity index (χ3n) is 4.65. The smallest absolute Gasteiger partial charge is 0.417 e. The van der Waals surface area contributed by atoms with Crippen LogP contribution >= 0.6 is 0 Å². The molecule has 0 aliphatic carbocycles. The fourth-order valence-corrected chi connectivity index (χ4v) is 3.57. The van der Waals surface area contributed by atoms with E-state index in [9.17, 15) is 39.6 Å². The first-order valence-corrected chi connectivity index (χ1v) is 11.5. The molecule has 3 rings (SSSR count). The number of nitrogens with one attached hydrogen (secondary N) is 1. The number of pyridine rings is 1. The monoisotopic (exact) mass is 518 g/mol. The predicted octanol–water partition coefficient (Wildman–Crippen LogP) is 5.88. The predicted molar refractivity (Wildman–Crippen MR) is 113 cm³/mol. The Bertz CT molecular complexity index is 1390. The van der Waals surface area contributed by atoms with Gasteiger partial charge in [0.1, 0.15) is 11.3 Å². The van der Waals surface area contributed by atoms with E-state index in [0.29, 0.717) is 18.3 Å². The summed E-state index contributed by atoms with van der Waals surface area (Å²) in [5.41, 5.74) is -2.96. The normalized spacial score (nSPS) is 12.3. The summed E-state index contributed by atoms with van der Waals surface area (Å²) in [6, 6.07) is 7.91. The van der Waals surface area contributed by atoms with Gasteiger partial charge in [0.25, 0.3) is 5.91 Å². The number of carbonyl (C=O) groups is 1. The summed E-state index contributed by atoms with van der Waals surface area (Å²) in [7, 11) is -3.64. The summed E-state index contributed by atoms with van der Waals surface area (Å²) < 4.78 is 107. The SMILES string of the molecule is Cc1cc(C(F)(F)F)ccc1Oc1ncc(C(F)(F)F)cc1C(=O)Nc1cccc(S(C)(=O)=O)c1. The highest BCUT2D eigenvalue weighted by Crippen LogP contribution is 2.36. The average molecular weight is 518 g/mol. The molecule has 0 aliphatic rings. The van der Waals surface area contributed by atoms with Crippen molar-refractivity contribution in [2.45, 2.75) is 24.2 Å². The Labute approximate surface area is 195 Å². The molecular weight excluding hydrogens is 502 g/mol. The van der Waals surface area contributed by atoms with Gasteiger partial charge in [0.15, 0.2) is 9.84 Å². The van der Waals surface area contributed by atoms with Crippen LogP contribution in [0.5, 0.6) is 11.6 Å². The van der Waals surface area contributed by atoms with Crippen LogP contribution in [0, 0.1) is 6.92 Å². The van der Waals surface area contributed by atoms with E-state index in [1.807, 2.05) is 0 Å². The quantitative estimate of drug-likeness (QED) is 0.427. The van der Waals surface area contributed by atoms with E-state index in [1.165, 1.54) is 25.1 Å². The lowest BCUT2D eigenvalue weighted by Gasteiger charge is -2.15. The minimum absolute atomic E-state index is 0.00580. The molecule has 0 spiro atoms. The number of rotatable bonds is 5. The van der Waals surface area contributed by atoms with Gasteiger partial charge in [-0.3, -0.25) is 4.79 Å². The molecule has 0 aliphatic heterocycles. The fraction of sp³-hybridized carbons (Fsp3) is 0.182. The van der Waals surface area contributed by atoms with Crippen molar-refractivity contribution in [1.82, 2.24) is 4.98 Å². The molecule has 1 N–H and O–H groups in total. The molecular formula is C22H16F6N2O4S. The number of hydrogen-bond donors (Lipinski definition) is 1. The van der Waals surface area contributed by atoms with Crippen molar-refractivity contribution in [2.75, 3.05) is 11.6 Å². The van der Waals surface area contributed by atoms with Crippen LogP contribution < -0.4 is 10.1 Å². The zero-order chi connectivity index (χ0) is 26.2. The molecule has 35 heavy (non-hydrogen) atoms. The Balaban J connectivity index is 2.01. The number of sulfone groups is 1. The Hall–Kier alpha value is -3.61. The number of benzene rings is 2. The molecule has 0 unspecified atom stereocenters. The van der Waals surface area contributed by atoms with E-state index in [1.54, 1.807) is 0 Å². The van der Waals surface area contributed by atoms with Crippen LogP contribution in [0.25, 0.3) is 0 Å². The van der Waals surface area contributed by atoms with Crippen molar-refractivity contribution in [2.24, 2.45) is 0 Å². The first-order valence-electron chi connectivity index (χ1n) is 9.60. The fourth-order valence-electron chi connectivity index (χ4n) is 2.90.